The van der Waals surface area contributed by atoms with Gasteiger partial charge in [0.2, 0.25) is 5.91 Å². The molecule has 1 N–H and O–H groups in total. The van der Waals surface area contributed by atoms with Crippen LogP contribution in [-0.4, -0.2) is 30.9 Å². The minimum absolute atomic E-state index is 0.121. The molecule has 0 unspecified atom stereocenters. The molecule has 1 aliphatic heterocycles. The SMILES string of the molecule is CCCc1sc(C(=O)OCC(=O)Nc2ccc(N3CCCC3=O)cc2)cc1CC. The van der Waals surface area contributed by atoms with Crippen molar-refractivity contribution in [3.8, 4) is 0 Å². The van der Waals surface area contributed by atoms with E-state index in [0.29, 0.717) is 17.0 Å². The molecule has 2 aromatic rings. The maximum atomic E-state index is 12.3. The molecule has 0 radical (unpaired) electrons. The summed E-state index contributed by atoms with van der Waals surface area (Å²) >= 11 is 1.45. The zero-order valence-electron chi connectivity index (χ0n) is 16.8. The van der Waals surface area contributed by atoms with Crippen LogP contribution in [0.1, 0.15) is 53.2 Å². The van der Waals surface area contributed by atoms with Crippen molar-refractivity contribution in [3.63, 3.8) is 0 Å². The molecule has 7 heteroatoms. The fraction of sp³-hybridized carbons (Fsp3) is 0.409. The van der Waals surface area contributed by atoms with Crippen molar-refractivity contribution in [2.45, 2.75) is 46.0 Å². The zero-order valence-corrected chi connectivity index (χ0v) is 17.6. The number of hydrogen-bond donors (Lipinski definition) is 1. The van der Waals surface area contributed by atoms with Crippen LogP contribution < -0.4 is 10.2 Å². The molecule has 0 atom stereocenters. The van der Waals surface area contributed by atoms with Crippen LogP contribution in [0.4, 0.5) is 11.4 Å². The molecule has 2 heterocycles. The average Bonchev–Trinajstić information content (AvgIpc) is 3.33. The molecular formula is C22H26N2O4S. The van der Waals surface area contributed by atoms with Gasteiger partial charge < -0.3 is 15.0 Å². The highest BCUT2D eigenvalue weighted by molar-refractivity contribution is 7.14. The van der Waals surface area contributed by atoms with Gasteiger partial charge >= 0.3 is 5.97 Å². The normalized spacial score (nSPS) is 13.6. The summed E-state index contributed by atoms with van der Waals surface area (Å²) in [6.07, 6.45) is 4.29. The standard InChI is InChI=1S/C22H26N2O4S/c1-3-6-18-15(4-2)13-19(29-18)22(27)28-14-20(25)23-16-8-10-17(11-9-16)24-12-5-7-21(24)26/h8-11,13H,3-7,12,14H2,1-2H3,(H,23,25). The molecule has 3 rings (SSSR count). The lowest BCUT2D eigenvalue weighted by atomic mass is 10.1. The number of benzene rings is 1. The predicted octanol–water partition coefficient (Wildman–Crippen LogP) is 4.19. The van der Waals surface area contributed by atoms with Gasteiger partial charge in [-0.1, -0.05) is 20.3 Å². The van der Waals surface area contributed by atoms with Crippen LogP contribution in [-0.2, 0) is 27.2 Å². The molecule has 0 aliphatic carbocycles. The van der Waals surface area contributed by atoms with Crippen LogP contribution in [0.25, 0.3) is 0 Å². The Balaban J connectivity index is 1.52. The first-order chi connectivity index (χ1) is 14.0. The van der Waals surface area contributed by atoms with Gasteiger partial charge in [-0.3, -0.25) is 9.59 Å². The van der Waals surface area contributed by atoms with Crippen molar-refractivity contribution in [2.75, 3.05) is 23.4 Å². The molecule has 1 aromatic carbocycles. The van der Waals surface area contributed by atoms with Gasteiger partial charge in [-0.25, -0.2) is 4.79 Å². The lowest BCUT2D eigenvalue weighted by molar-refractivity contribution is -0.119. The molecule has 0 bridgehead atoms. The van der Waals surface area contributed by atoms with Crippen LogP contribution in [0.2, 0.25) is 0 Å². The molecule has 2 amide bonds. The Labute approximate surface area is 174 Å². The van der Waals surface area contributed by atoms with E-state index in [1.165, 1.54) is 21.8 Å². The number of aryl methyl sites for hydroxylation is 2. The highest BCUT2D eigenvalue weighted by Gasteiger charge is 2.21. The first kappa shape index (κ1) is 21.0. The second-order valence-electron chi connectivity index (χ2n) is 6.98. The van der Waals surface area contributed by atoms with E-state index in [0.717, 1.165) is 37.9 Å². The zero-order chi connectivity index (χ0) is 20.8. The van der Waals surface area contributed by atoms with Crippen LogP contribution >= 0.6 is 11.3 Å². The Kier molecular flexibility index (Phi) is 7.04. The van der Waals surface area contributed by atoms with Crippen molar-refractivity contribution < 1.29 is 19.1 Å². The van der Waals surface area contributed by atoms with Crippen LogP contribution in [0.3, 0.4) is 0 Å². The molecule has 1 aromatic heterocycles. The van der Waals surface area contributed by atoms with Gasteiger partial charge in [-0.05, 0) is 55.2 Å². The molecule has 1 fully saturated rings. The predicted molar refractivity (Wildman–Crippen MR) is 115 cm³/mol. The average molecular weight is 415 g/mol. The number of thiophene rings is 1. The first-order valence-electron chi connectivity index (χ1n) is 10.0. The third-order valence-electron chi connectivity index (χ3n) is 4.83. The number of hydrogen-bond acceptors (Lipinski definition) is 5. The lowest BCUT2D eigenvalue weighted by Crippen LogP contribution is -2.23. The summed E-state index contributed by atoms with van der Waals surface area (Å²) < 4.78 is 5.18. The Morgan fingerprint density at radius 1 is 1.21 bits per heavy atom. The topological polar surface area (TPSA) is 75.7 Å². The van der Waals surface area contributed by atoms with Gasteiger partial charge in [-0.15, -0.1) is 11.3 Å². The molecule has 1 saturated heterocycles. The lowest BCUT2D eigenvalue weighted by Gasteiger charge is -2.16. The van der Waals surface area contributed by atoms with Gasteiger partial charge in [0, 0.05) is 29.2 Å². The molecule has 0 saturated carbocycles. The quantitative estimate of drug-likeness (QED) is 0.658. The number of anilines is 2. The summed E-state index contributed by atoms with van der Waals surface area (Å²) in [5.74, 6) is -0.745. The van der Waals surface area contributed by atoms with Gasteiger partial charge in [-0.2, -0.15) is 0 Å². The van der Waals surface area contributed by atoms with E-state index in [4.69, 9.17) is 4.74 Å². The number of rotatable bonds is 8. The van der Waals surface area contributed by atoms with Gasteiger partial charge in [0.1, 0.15) is 4.88 Å². The highest BCUT2D eigenvalue weighted by Crippen LogP contribution is 2.25. The third kappa shape index (κ3) is 5.23. The molecule has 6 nitrogen and oxygen atoms in total. The molecule has 29 heavy (non-hydrogen) atoms. The third-order valence-corrected chi connectivity index (χ3v) is 6.04. The summed E-state index contributed by atoms with van der Waals surface area (Å²) in [5, 5.41) is 2.71. The minimum Gasteiger partial charge on any atom is -0.451 e. The summed E-state index contributed by atoms with van der Waals surface area (Å²) in [4.78, 5) is 39.7. The molecule has 0 spiro atoms. The Morgan fingerprint density at radius 3 is 2.59 bits per heavy atom. The number of carbonyl (C=O) groups is 3. The summed E-state index contributed by atoms with van der Waals surface area (Å²) in [7, 11) is 0. The van der Waals surface area contributed by atoms with Gasteiger partial charge in [0.05, 0.1) is 0 Å². The van der Waals surface area contributed by atoms with Crippen molar-refractivity contribution in [1.29, 1.82) is 0 Å². The first-order valence-corrected chi connectivity index (χ1v) is 10.8. The summed E-state index contributed by atoms with van der Waals surface area (Å²) in [6.45, 7) is 4.56. The summed E-state index contributed by atoms with van der Waals surface area (Å²) in [6, 6.07) is 8.96. The fourth-order valence-electron chi connectivity index (χ4n) is 3.35. The van der Waals surface area contributed by atoms with E-state index in [-0.39, 0.29) is 12.5 Å². The molecular weight excluding hydrogens is 388 g/mol. The Hall–Kier alpha value is -2.67. The summed E-state index contributed by atoms with van der Waals surface area (Å²) in [5.41, 5.74) is 2.59. The number of nitrogens with one attached hydrogen (secondary N) is 1. The Morgan fingerprint density at radius 2 is 1.97 bits per heavy atom. The fourth-order valence-corrected chi connectivity index (χ4v) is 4.60. The van der Waals surface area contributed by atoms with E-state index in [9.17, 15) is 14.4 Å². The van der Waals surface area contributed by atoms with E-state index >= 15 is 0 Å². The Bertz CT molecular complexity index is 889. The number of amides is 2. The van der Waals surface area contributed by atoms with Crippen molar-refractivity contribution >= 4 is 40.5 Å². The highest BCUT2D eigenvalue weighted by atomic mass is 32.1. The second-order valence-corrected chi connectivity index (χ2v) is 8.12. The van der Waals surface area contributed by atoms with Gasteiger partial charge in [0.15, 0.2) is 6.61 Å². The van der Waals surface area contributed by atoms with E-state index in [1.807, 2.05) is 6.07 Å². The minimum atomic E-state index is -0.468. The van der Waals surface area contributed by atoms with Crippen LogP contribution in [0.15, 0.2) is 30.3 Å². The smallest absolute Gasteiger partial charge is 0.348 e. The van der Waals surface area contributed by atoms with Crippen LogP contribution in [0.5, 0.6) is 0 Å². The van der Waals surface area contributed by atoms with E-state index in [2.05, 4.69) is 19.2 Å². The van der Waals surface area contributed by atoms with Crippen molar-refractivity contribution in [2.24, 2.45) is 0 Å². The van der Waals surface area contributed by atoms with Crippen molar-refractivity contribution in [3.05, 3.63) is 45.6 Å². The molecule has 154 valence electrons. The number of carbonyl (C=O) groups excluding carboxylic acids is 3. The monoisotopic (exact) mass is 414 g/mol. The maximum Gasteiger partial charge on any atom is 0.348 e. The maximum absolute atomic E-state index is 12.3. The number of ether oxygens (including phenoxy) is 1. The second kappa shape index (κ2) is 9.69. The number of esters is 1. The van der Waals surface area contributed by atoms with Gasteiger partial charge in [0.25, 0.3) is 5.91 Å². The molecule has 1 aliphatic rings. The van der Waals surface area contributed by atoms with Crippen LogP contribution in [0, 0.1) is 0 Å². The largest absolute Gasteiger partial charge is 0.451 e. The number of nitrogens with zero attached hydrogens (tertiary/aromatic N) is 1. The van der Waals surface area contributed by atoms with Crippen molar-refractivity contribution in [1.82, 2.24) is 0 Å². The van der Waals surface area contributed by atoms with E-state index in [1.54, 1.807) is 29.2 Å². The van der Waals surface area contributed by atoms with E-state index < -0.39 is 11.9 Å².